The summed E-state index contributed by atoms with van der Waals surface area (Å²) in [6.07, 6.45) is 8.26. The SMILES string of the molecule is CCC1(CNC(=NC)NCc2coc(-c3ccccc3)n2)CCCC1. The predicted molar refractivity (Wildman–Crippen MR) is 101 cm³/mol. The maximum atomic E-state index is 5.58. The molecule has 0 radical (unpaired) electrons. The zero-order valence-corrected chi connectivity index (χ0v) is 15.2. The van der Waals surface area contributed by atoms with E-state index in [0.717, 1.165) is 23.8 Å². The minimum atomic E-state index is 0.436. The Balaban J connectivity index is 1.52. The van der Waals surface area contributed by atoms with Gasteiger partial charge in [-0.1, -0.05) is 38.0 Å². The number of nitrogens with one attached hydrogen (secondary N) is 2. The third-order valence-corrected chi connectivity index (χ3v) is 5.28. The number of oxazole rings is 1. The van der Waals surface area contributed by atoms with Crippen LogP contribution in [0.3, 0.4) is 0 Å². The molecule has 2 N–H and O–H groups in total. The molecule has 1 saturated carbocycles. The van der Waals surface area contributed by atoms with Gasteiger partial charge in [0.05, 0.1) is 12.2 Å². The molecule has 0 unspecified atom stereocenters. The lowest BCUT2D eigenvalue weighted by molar-refractivity contribution is 0.283. The lowest BCUT2D eigenvalue weighted by Gasteiger charge is -2.28. The minimum absolute atomic E-state index is 0.436. The number of aromatic nitrogens is 1. The molecular weight excluding hydrogens is 312 g/mol. The van der Waals surface area contributed by atoms with Crippen LogP contribution in [0.4, 0.5) is 0 Å². The normalized spacial score (nSPS) is 16.8. The van der Waals surface area contributed by atoms with E-state index in [1.54, 1.807) is 13.3 Å². The van der Waals surface area contributed by atoms with Gasteiger partial charge in [-0.2, -0.15) is 0 Å². The summed E-state index contributed by atoms with van der Waals surface area (Å²) >= 11 is 0. The number of nitrogens with zero attached hydrogens (tertiary/aromatic N) is 2. The van der Waals surface area contributed by atoms with E-state index in [-0.39, 0.29) is 0 Å². The topological polar surface area (TPSA) is 62.5 Å². The van der Waals surface area contributed by atoms with Crippen LogP contribution in [0.1, 0.15) is 44.7 Å². The van der Waals surface area contributed by atoms with Crippen molar-refractivity contribution < 1.29 is 4.42 Å². The Labute approximate surface area is 150 Å². The molecule has 25 heavy (non-hydrogen) atoms. The molecule has 2 aromatic rings. The zero-order chi connectivity index (χ0) is 17.5. The van der Waals surface area contributed by atoms with Crippen LogP contribution < -0.4 is 10.6 Å². The number of guanidine groups is 1. The molecule has 1 aliphatic carbocycles. The first-order valence-electron chi connectivity index (χ1n) is 9.19. The lowest BCUT2D eigenvalue weighted by atomic mass is 9.83. The molecule has 0 spiro atoms. The van der Waals surface area contributed by atoms with Gasteiger partial charge in [0.1, 0.15) is 6.26 Å². The Kier molecular flexibility index (Phi) is 5.74. The van der Waals surface area contributed by atoms with Gasteiger partial charge >= 0.3 is 0 Å². The van der Waals surface area contributed by atoms with Crippen molar-refractivity contribution in [1.29, 1.82) is 0 Å². The van der Waals surface area contributed by atoms with Gasteiger partial charge in [-0.3, -0.25) is 4.99 Å². The highest BCUT2D eigenvalue weighted by atomic mass is 16.3. The van der Waals surface area contributed by atoms with Gasteiger partial charge in [0, 0.05) is 19.2 Å². The molecule has 1 heterocycles. The third kappa shape index (κ3) is 4.41. The highest BCUT2D eigenvalue weighted by molar-refractivity contribution is 5.79. The zero-order valence-electron chi connectivity index (χ0n) is 15.2. The first-order chi connectivity index (χ1) is 12.2. The molecule has 134 valence electrons. The van der Waals surface area contributed by atoms with Crippen molar-refractivity contribution >= 4 is 5.96 Å². The molecule has 0 aliphatic heterocycles. The van der Waals surface area contributed by atoms with Gasteiger partial charge in [-0.05, 0) is 36.8 Å². The quantitative estimate of drug-likeness (QED) is 0.617. The minimum Gasteiger partial charge on any atom is -0.444 e. The monoisotopic (exact) mass is 340 g/mol. The second-order valence-electron chi connectivity index (χ2n) is 6.85. The third-order valence-electron chi connectivity index (χ3n) is 5.28. The van der Waals surface area contributed by atoms with Crippen LogP contribution in [0.2, 0.25) is 0 Å². The molecule has 3 rings (SSSR count). The Bertz CT molecular complexity index is 687. The lowest BCUT2D eigenvalue weighted by Crippen LogP contribution is -2.42. The van der Waals surface area contributed by atoms with E-state index in [1.807, 2.05) is 30.3 Å². The van der Waals surface area contributed by atoms with E-state index in [0.29, 0.717) is 17.9 Å². The Hall–Kier alpha value is -2.30. The van der Waals surface area contributed by atoms with Crippen LogP contribution >= 0.6 is 0 Å². The molecule has 1 aromatic carbocycles. The van der Waals surface area contributed by atoms with Crippen molar-refractivity contribution in [1.82, 2.24) is 15.6 Å². The predicted octanol–water partition coefficient (Wildman–Crippen LogP) is 3.98. The fourth-order valence-electron chi connectivity index (χ4n) is 3.55. The Morgan fingerprint density at radius 1 is 1.20 bits per heavy atom. The number of hydrogen-bond donors (Lipinski definition) is 2. The molecule has 0 bridgehead atoms. The average molecular weight is 340 g/mol. The molecule has 1 aliphatic rings. The Morgan fingerprint density at radius 2 is 1.96 bits per heavy atom. The van der Waals surface area contributed by atoms with E-state index in [4.69, 9.17) is 4.42 Å². The molecule has 0 atom stereocenters. The van der Waals surface area contributed by atoms with E-state index >= 15 is 0 Å². The van der Waals surface area contributed by atoms with Crippen molar-refractivity contribution in [2.75, 3.05) is 13.6 Å². The molecule has 1 aromatic heterocycles. The largest absolute Gasteiger partial charge is 0.444 e. The highest BCUT2D eigenvalue weighted by Crippen LogP contribution is 2.40. The van der Waals surface area contributed by atoms with E-state index in [1.165, 1.54) is 32.1 Å². The first-order valence-corrected chi connectivity index (χ1v) is 9.19. The number of benzene rings is 1. The molecule has 0 saturated heterocycles. The van der Waals surface area contributed by atoms with Crippen LogP contribution in [-0.4, -0.2) is 24.5 Å². The van der Waals surface area contributed by atoms with Crippen molar-refractivity contribution in [3.05, 3.63) is 42.3 Å². The van der Waals surface area contributed by atoms with Gasteiger partial charge in [-0.15, -0.1) is 0 Å². The molecular formula is C20H28N4O. The van der Waals surface area contributed by atoms with Crippen molar-refractivity contribution in [3.63, 3.8) is 0 Å². The summed E-state index contributed by atoms with van der Waals surface area (Å²) in [7, 11) is 1.81. The van der Waals surface area contributed by atoms with Crippen LogP contribution in [0.5, 0.6) is 0 Å². The van der Waals surface area contributed by atoms with Crippen LogP contribution in [0.15, 0.2) is 46.0 Å². The van der Waals surface area contributed by atoms with Gasteiger partial charge in [0.25, 0.3) is 0 Å². The van der Waals surface area contributed by atoms with Gasteiger partial charge in [-0.25, -0.2) is 4.98 Å². The fraction of sp³-hybridized carbons (Fsp3) is 0.500. The van der Waals surface area contributed by atoms with E-state index in [9.17, 15) is 0 Å². The maximum absolute atomic E-state index is 5.58. The molecule has 0 amide bonds. The first kappa shape index (κ1) is 17.5. The molecule has 1 fully saturated rings. The van der Waals surface area contributed by atoms with Crippen molar-refractivity contribution in [2.24, 2.45) is 10.4 Å². The molecule has 5 heteroatoms. The van der Waals surface area contributed by atoms with Crippen LogP contribution in [0.25, 0.3) is 11.5 Å². The van der Waals surface area contributed by atoms with Crippen LogP contribution in [0, 0.1) is 5.41 Å². The van der Waals surface area contributed by atoms with Crippen molar-refractivity contribution in [2.45, 2.75) is 45.6 Å². The molecule has 5 nitrogen and oxygen atoms in total. The maximum Gasteiger partial charge on any atom is 0.226 e. The number of aliphatic imine (C=N–C) groups is 1. The summed E-state index contributed by atoms with van der Waals surface area (Å²) in [5.41, 5.74) is 2.29. The summed E-state index contributed by atoms with van der Waals surface area (Å²) in [5, 5.41) is 6.82. The average Bonchev–Trinajstić information content (AvgIpc) is 3.33. The van der Waals surface area contributed by atoms with Crippen LogP contribution in [-0.2, 0) is 6.54 Å². The summed E-state index contributed by atoms with van der Waals surface area (Å²) in [4.78, 5) is 8.87. The second kappa shape index (κ2) is 8.19. The van der Waals surface area contributed by atoms with Gasteiger partial charge < -0.3 is 15.1 Å². The summed E-state index contributed by atoms with van der Waals surface area (Å²) in [6, 6.07) is 9.94. The van der Waals surface area contributed by atoms with Gasteiger partial charge in [0.2, 0.25) is 5.89 Å². The highest BCUT2D eigenvalue weighted by Gasteiger charge is 2.31. The number of hydrogen-bond acceptors (Lipinski definition) is 3. The van der Waals surface area contributed by atoms with Gasteiger partial charge in [0.15, 0.2) is 5.96 Å². The summed E-state index contributed by atoms with van der Waals surface area (Å²) in [6.45, 7) is 3.87. The second-order valence-corrected chi connectivity index (χ2v) is 6.85. The van der Waals surface area contributed by atoms with E-state index in [2.05, 4.69) is 27.5 Å². The summed E-state index contributed by atoms with van der Waals surface area (Å²) in [5.74, 6) is 1.47. The fourth-order valence-corrected chi connectivity index (χ4v) is 3.55. The van der Waals surface area contributed by atoms with E-state index < -0.39 is 0 Å². The summed E-state index contributed by atoms with van der Waals surface area (Å²) < 4.78 is 5.58. The smallest absolute Gasteiger partial charge is 0.226 e. The number of rotatable bonds is 6. The standard InChI is InChI=1S/C20H28N4O/c1-3-20(11-7-8-12-20)15-23-19(21-2)22-13-17-14-25-18(24-17)16-9-5-4-6-10-16/h4-6,9-10,14H,3,7-8,11-13,15H2,1-2H3,(H2,21,22,23). The Morgan fingerprint density at radius 3 is 2.64 bits per heavy atom. The van der Waals surface area contributed by atoms with Crippen molar-refractivity contribution in [3.8, 4) is 11.5 Å².